The lowest BCUT2D eigenvalue weighted by Crippen LogP contribution is -2.38. The van der Waals surface area contributed by atoms with Gasteiger partial charge in [0.25, 0.3) is 11.8 Å². The van der Waals surface area contributed by atoms with Crippen LogP contribution in [0.2, 0.25) is 0 Å². The minimum absolute atomic E-state index is 0.0246. The lowest BCUT2D eigenvalue weighted by molar-refractivity contribution is -0.131. The average Bonchev–Trinajstić information content (AvgIpc) is 3.01. The molecule has 5 nitrogen and oxygen atoms in total. The van der Waals surface area contributed by atoms with Gasteiger partial charge in [0.05, 0.1) is 11.1 Å². The Labute approximate surface area is 123 Å². The average molecular weight is 286 g/mol. The molecule has 2 heterocycles. The Bertz CT molecular complexity index is 576. The molecule has 5 heteroatoms. The van der Waals surface area contributed by atoms with E-state index >= 15 is 0 Å². The minimum Gasteiger partial charge on any atom is -0.340 e. The Morgan fingerprint density at radius 2 is 1.81 bits per heavy atom. The number of hydrogen-bond donors (Lipinski definition) is 0. The second-order valence-corrected chi connectivity index (χ2v) is 5.64. The Kier molecular flexibility index (Phi) is 3.49. The van der Waals surface area contributed by atoms with Crippen molar-refractivity contribution < 1.29 is 14.4 Å². The number of hydrogen-bond acceptors (Lipinski definition) is 3. The first kappa shape index (κ1) is 13.8. The quantitative estimate of drug-likeness (QED) is 0.794. The van der Waals surface area contributed by atoms with Crippen LogP contribution in [0.4, 0.5) is 0 Å². The van der Waals surface area contributed by atoms with Crippen LogP contribution in [-0.2, 0) is 4.79 Å². The molecule has 0 aromatic heterocycles. The molecule has 0 radical (unpaired) electrons. The summed E-state index contributed by atoms with van der Waals surface area (Å²) in [5.41, 5.74) is 0.869. The molecule has 2 aliphatic rings. The molecule has 0 spiro atoms. The summed E-state index contributed by atoms with van der Waals surface area (Å²) in [6.07, 6.45) is 2.26. The predicted molar refractivity (Wildman–Crippen MR) is 76.8 cm³/mol. The van der Waals surface area contributed by atoms with E-state index in [4.69, 9.17) is 0 Å². The van der Waals surface area contributed by atoms with Crippen LogP contribution < -0.4 is 0 Å². The van der Waals surface area contributed by atoms with Crippen molar-refractivity contribution in [3.05, 3.63) is 35.4 Å². The molecule has 1 aromatic carbocycles. The van der Waals surface area contributed by atoms with Gasteiger partial charge in [-0.2, -0.15) is 0 Å². The minimum atomic E-state index is -0.294. The van der Waals surface area contributed by atoms with Crippen molar-refractivity contribution in [1.82, 2.24) is 9.80 Å². The van der Waals surface area contributed by atoms with Crippen LogP contribution >= 0.6 is 0 Å². The number of carbonyl (C=O) groups is 3. The standard InChI is InChI=1S/C16H18N2O3/c1-11-5-4-9-17(11)14(19)8-10-18-15(20)12-6-2-3-7-13(12)16(18)21/h2-3,6-7,11H,4-5,8-10H2,1H3. The summed E-state index contributed by atoms with van der Waals surface area (Å²) in [5, 5.41) is 0. The van der Waals surface area contributed by atoms with Crippen LogP contribution in [0.1, 0.15) is 46.9 Å². The zero-order chi connectivity index (χ0) is 15.0. The molecule has 0 bridgehead atoms. The molecule has 1 unspecified atom stereocenters. The Morgan fingerprint density at radius 3 is 2.33 bits per heavy atom. The third kappa shape index (κ3) is 2.33. The molecule has 1 fully saturated rings. The van der Waals surface area contributed by atoms with E-state index in [9.17, 15) is 14.4 Å². The molecule has 1 aromatic rings. The van der Waals surface area contributed by atoms with Crippen molar-refractivity contribution in [2.45, 2.75) is 32.2 Å². The smallest absolute Gasteiger partial charge is 0.261 e. The molecule has 110 valence electrons. The molecule has 2 aliphatic heterocycles. The van der Waals surface area contributed by atoms with Gasteiger partial charge in [0.1, 0.15) is 0 Å². The van der Waals surface area contributed by atoms with Gasteiger partial charge in [0.2, 0.25) is 5.91 Å². The molecule has 0 N–H and O–H groups in total. The van der Waals surface area contributed by atoms with Gasteiger partial charge in [-0.25, -0.2) is 0 Å². The van der Waals surface area contributed by atoms with E-state index in [-0.39, 0.29) is 36.7 Å². The summed E-state index contributed by atoms with van der Waals surface area (Å²) >= 11 is 0. The van der Waals surface area contributed by atoms with Gasteiger partial charge in [-0.05, 0) is 31.9 Å². The number of fused-ring (bicyclic) bond motifs is 1. The van der Waals surface area contributed by atoms with Gasteiger partial charge in [0, 0.05) is 25.6 Å². The monoisotopic (exact) mass is 286 g/mol. The molecule has 3 rings (SSSR count). The number of carbonyl (C=O) groups excluding carboxylic acids is 3. The first-order valence-electron chi connectivity index (χ1n) is 7.34. The number of benzene rings is 1. The number of amides is 3. The summed E-state index contributed by atoms with van der Waals surface area (Å²) in [6.45, 7) is 2.98. The summed E-state index contributed by atoms with van der Waals surface area (Å²) in [6, 6.07) is 7.05. The summed E-state index contributed by atoms with van der Waals surface area (Å²) in [5.74, 6) is -0.563. The van der Waals surface area contributed by atoms with Gasteiger partial charge in [-0.3, -0.25) is 19.3 Å². The Balaban J connectivity index is 1.66. The van der Waals surface area contributed by atoms with Crippen LogP contribution in [0.25, 0.3) is 0 Å². The zero-order valence-corrected chi connectivity index (χ0v) is 12.0. The van der Waals surface area contributed by atoms with E-state index in [0.29, 0.717) is 11.1 Å². The van der Waals surface area contributed by atoms with E-state index in [2.05, 4.69) is 0 Å². The van der Waals surface area contributed by atoms with Crippen molar-refractivity contribution in [2.24, 2.45) is 0 Å². The van der Waals surface area contributed by atoms with Crippen molar-refractivity contribution in [3.8, 4) is 0 Å². The molecule has 1 saturated heterocycles. The normalized spacial score (nSPS) is 21.1. The third-order valence-electron chi connectivity index (χ3n) is 4.30. The van der Waals surface area contributed by atoms with Crippen molar-refractivity contribution in [3.63, 3.8) is 0 Å². The van der Waals surface area contributed by atoms with E-state index in [0.717, 1.165) is 19.4 Å². The maximum absolute atomic E-state index is 12.2. The zero-order valence-electron chi connectivity index (χ0n) is 12.0. The molecular weight excluding hydrogens is 268 g/mol. The lowest BCUT2D eigenvalue weighted by atomic mass is 10.1. The van der Waals surface area contributed by atoms with Crippen LogP contribution in [-0.4, -0.2) is 46.7 Å². The summed E-state index contributed by atoms with van der Waals surface area (Å²) < 4.78 is 0. The topological polar surface area (TPSA) is 57.7 Å². The lowest BCUT2D eigenvalue weighted by Gasteiger charge is -2.22. The summed E-state index contributed by atoms with van der Waals surface area (Å²) in [4.78, 5) is 39.6. The molecule has 0 aliphatic carbocycles. The highest BCUT2D eigenvalue weighted by atomic mass is 16.2. The highest BCUT2D eigenvalue weighted by molar-refractivity contribution is 6.21. The van der Waals surface area contributed by atoms with Crippen molar-refractivity contribution in [1.29, 1.82) is 0 Å². The number of nitrogens with zero attached hydrogens (tertiary/aromatic N) is 2. The molecular formula is C16H18N2O3. The van der Waals surface area contributed by atoms with E-state index in [1.165, 1.54) is 4.90 Å². The molecule has 21 heavy (non-hydrogen) atoms. The van der Waals surface area contributed by atoms with Gasteiger partial charge in [0.15, 0.2) is 0 Å². The third-order valence-corrected chi connectivity index (χ3v) is 4.30. The van der Waals surface area contributed by atoms with E-state index in [1.54, 1.807) is 24.3 Å². The van der Waals surface area contributed by atoms with Crippen LogP contribution in [0.3, 0.4) is 0 Å². The second kappa shape index (κ2) is 5.31. The van der Waals surface area contributed by atoms with Gasteiger partial charge in [-0.1, -0.05) is 12.1 Å². The molecule has 0 saturated carbocycles. The van der Waals surface area contributed by atoms with Crippen LogP contribution in [0.15, 0.2) is 24.3 Å². The summed E-state index contributed by atoms with van der Waals surface area (Å²) in [7, 11) is 0. The van der Waals surface area contributed by atoms with Gasteiger partial charge >= 0.3 is 0 Å². The first-order valence-corrected chi connectivity index (χ1v) is 7.34. The Morgan fingerprint density at radius 1 is 1.19 bits per heavy atom. The fourth-order valence-electron chi connectivity index (χ4n) is 3.10. The van der Waals surface area contributed by atoms with Crippen LogP contribution in [0.5, 0.6) is 0 Å². The number of imide groups is 1. The maximum Gasteiger partial charge on any atom is 0.261 e. The van der Waals surface area contributed by atoms with Gasteiger partial charge < -0.3 is 4.90 Å². The maximum atomic E-state index is 12.2. The fourth-order valence-corrected chi connectivity index (χ4v) is 3.10. The first-order chi connectivity index (χ1) is 10.1. The van der Waals surface area contributed by atoms with Crippen molar-refractivity contribution >= 4 is 17.7 Å². The number of rotatable bonds is 3. The van der Waals surface area contributed by atoms with Crippen molar-refractivity contribution in [2.75, 3.05) is 13.1 Å². The molecule has 1 atom stereocenters. The van der Waals surface area contributed by atoms with E-state index < -0.39 is 0 Å². The number of likely N-dealkylation sites (tertiary alicyclic amines) is 1. The highest BCUT2D eigenvalue weighted by Crippen LogP contribution is 2.23. The predicted octanol–water partition coefficient (Wildman–Crippen LogP) is 1.68. The highest BCUT2D eigenvalue weighted by Gasteiger charge is 2.35. The fraction of sp³-hybridized carbons (Fsp3) is 0.438. The van der Waals surface area contributed by atoms with Gasteiger partial charge in [-0.15, -0.1) is 0 Å². The molecule has 3 amide bonds. The van der Waals surface area contributed by atoms with E-state index in [1.807, 2.05) is 11.8 Å². The SMILES string of the molecule is CC1CCCN1C(=O)CCN1C(=O)c2ccccc2C1=O. The van der Waals surface area contributed by atoms with Crippen LogP contribution in [0, 0.1) is 0 Å². The largest absolute Gasteiger partial charge is 0.340 e. The second-order valence-electron chi connectivity index (χ2n) is 5.64. The Hall–Kier alpha value is -2.17.